The lowest BCUT2D eigenvalue weighted by Gasteiger charge is -2.41. The van der Waals surface area contributed by atoms with E-state index >= 15 is 0 Å². The molecule has 1 aliphatic rings. The van der Waals surface area contributed by atoms with Gasteiger partial charge in [-0.05, 0) is 35.7 Å². The summed E-state index contributed by atoms with van der Waals surface area (Å²) < 4.78 is 49.7. The molecule has 0 amide bonds. The highest BCUT2D eigenvalue weighted by molar-refractivity contribution is 5.38. The van der Waals surface area contributed by atoms with Crippen LogP contribution in [-0.4, -0.2) is 61.4 Å². The van der Waals surface area contributed by atoms with Crippen molar-refractivity contribution in [3.63, 3.8) is 0 Å². The van der Waals surface area contributed by atoms with E-state index in [0.717, 1.165) is 36.2 Å². The average Bonchev–Trinajstić information content (AvgIpc) is 2.75. The molecule has 1 saturated heterocycles. The number of aliphatic hydroxyl groups is 1. The van der Waals surface area contributed by atoms with Crippen molar-refractivity contribution in [2.75, 3.05) is 40.5 Å². The molecule has 1 fully saturated rings. The van der Waals surface area contributed by atoms with Crippen LogP contribution in [0.1, 0.15) is 23.1 Å². The van der Waals surface area contributed by atoms with Gasteiger partial charge in [0.15, 0.2) is 0 Å². The van der Waals surface area contributed by atoms with Crippen molar-refractivity contribution in [3.05, 3.63) is 59.2 Å². The molecule has 2 aromatic carbocycles. The largest absolute Gasteiger partial charge is 0.497 e. The van der Waals surface area contributed by atoms with Crippen LogP contribution >= 0.6 is 0 Å². The minimum atomic E-state index is -4.34. The summed E-state index contributed by atoms with van der Waals surface area (Å²) in [5, 5.41) is 9.56. The Morgan fingerprint density at radius 3 is 2.29 bits per heavy atom. The lowest BCUT2D eigenvalue weighted by atomic mass is 10.0. The van der Waals surface area contributed by atoms with Crippen molar-refractivity contribution < 1.29 is 27.8 Å². The summed E-state index contributed by atoms with van der Waals surface area (Å²) in [5.41, 5.74) is 1.07. The lowest BCUT2D eigenvalue weighted by Crippen LogP contribution is -2.52. The fourth-order valence-corrected chi connectivity index (χ4v) is 4.03. The van der Waals surface area contributed by atoms with Crippen LogP contribution in [0, 0.1) is 0 Å². The maximum atomic E-state index is 13.0. The molecule has 1 N–H and O–H groups in total. The maximum absolute atomic E-state index is 13.0. The molecule has 0 unspecified atom stereocenters. The van der Waals surface area contributed by atoms with E-state index in [9.17, 15) is 18.3 Å². The third kappa shape index (κ3) is 6.35. The third-order valence-corrected chi connectivity index (χ3v) is 5.61. The first kappa shape index (κ1) is 23.4. The van der Waals surface area contributed by atoms with Crippen LogP contribution in [0.3, 0.4) is 0 Å². The molecule has 31 heavy (non-hydrogen) atoms. The first-order valence-corrected chi connectivity index (χ1v) is 10.3. The lowest BCUT2D eigenvalue weighted by molar-refractivity contribution is -0.137. The van der Waals surface area contributed by atoms with Gasteiger partial charge in [-0.15, -0.1) is 0 Å². The van der Waals surface area contributed by atoms with E-state index in [1.165, 1.54) is 12.1 Å². The third-order valence-electron chi connectivity index (χ3n) is 5.61. The number of rotatable bonds is 8. The predicted molar refractivity (Wildman–Crippen MR) is 112 cm³/mol. The number of ether oxygens (including phenoxy) is 2. The second kappa shape index (κ2) is 10.3. The van der Waals surface area contributed by atoms with E-state index in [-0.39, 0.29) is 12.6 Å². The first-order chi connectivity index (χ1) is 14.8. The van der Waals surface area contributed by atoms with Crippen LogP contribution in [0.4, 0.5) is 13.2 Å². The Bertz CT molecular complexity index is 838. The molecular formula is C23H29F3N2O3. The number of hydrogen-bond acceptors (Lipinski definition) is 5. The Morgan fingerprint density at radius 1 is 0.968 bits per heavy atom. The Hall–Kier alpha value is -2.29. The van der Waals surface area contributed by atoms with Crippen LogP contribution in [0.5, 0.6) is 11.5 Å². The summed E-state index contributed by atoms with van der Waals surface area (Å²) >= 11 is 0. The van der Waals surface area contributed by atoms with Gasteiger partial charge < -0.3 is 14.6 Å². The fourth-order valence-electron chi connectivity index (χ4n) is 4.03. The van der Waals surface area contributed by atoms with Crippen molar-refractivity contribution in [2.45, 2.75) is 31.7 Å². The Morgan fingerprint density at radius 2 is 1.68 bits per heavy atom. The van der Waals surface area contributed by atoms with Crippen LogP contribution in [0.25, 0.3) is 0 Å². The topological polar surface area (TPSA) is 45.2 Å². The second-order valence-electron chi connectivity index (χ2n) is 7.79. The smallest absolute Gasteiger partial charge is 0.416 e. The van der Waals surface area contributed by atoms with E-state index in [4.69, 9.17) is 9.47 Å². The van der Waals surface area contributed by atoms with Gasteiger partial charge in [-0.1, -0.05) is 18.2 Å². The standard InChI is InChI=1S/C23H29F3N2O3/c1-30-21-11-18(12-22(13-21)31-2)15-28-8-7-27(16-20(28)6-9-29)14-17-4-3-5-19(10-17)23(24,25)26/h3-5,10-13,20,29H,6-9,14-16H2,1-2H3/t20-/m0/s1. The SMILES string of the molecule is COc1cc(CN2CCN(Cc3cccc(C(F)(F)F)c3)C[C@@H]2CCO)cc(OC)c1. The number of piperazine rings is 1. The molecule has 1 atom stereocenters. The Kier molecular flexibility index (Phi) is 7.80. The summed E-state index contributed by atoms with van der Waals surface area (Å²) in [6.45, 7) is 3.35. The highest BCUT2D eigenvalue weighted by atomic mass is 19.4. The zero-order valence-electron chi connectivity index (χ0n) is 17.9. The van der Waals surface area contributed by atoms with Gasteiger partial charge in [0.1, 0.15) is 11.5 Å². The molecule has 5 nitrogen and oxygen atoms in total. The number of alkyl halides is 3. The molecule has 0 saturated carbocycles. The first-order valence-electron chi connectivity index (χ1n) is 10.3. The zero-order valence-corrected chi connectivity index (χ0v) is 17.9. The van der Waals surface area contributed by atoms with Gasteiger partial charge in [-0.3, -0.25) is 9.80 Å². The Labute approximate surface area is 181 Å². The second-order valence-corrected chi connectivity index (χ2v) is 7.79. The molecule has 1 aliphatic heterocycles. The van der Waals surface area contributed by atoms with Gasteiger partial charge in [0.05, 0.1) is 19.8 Å². The van der Waals surface area contributed by atoms with E-state index < -0.39 is 11.7 Å². The van der Waals surface area contributed by atoms with Crippen molar-refractivity contribution >= 4 is 0 Å². The highest BCUT2D eigenvalue weighted by Crippen LogP contribution is 2.30. The summed E-state index contributed by atoms with van der Waals surface area (Å²) in [7, 11) is 3.22. The monoisotopic (exact) mass is 438 g/mol. The van der Waals surface area contributed by atoms with Crippen molar-refractivity contribution in [3.8, 4) is 11.5 Å². The van der Waals surface area contributed by atoms with E-state index in [1.54, 1.807) is 20.3 Å². The molecular weight excluding hydrogens is 409 g/mol. The van der Waals surface area contributed by atoms with Crippen molar-refractivity contribution in [1.82, 2.24) is 9.80 Å². The molecule has 170 valence electrons. The van der Waals surface area contributed by atoms with E-state index in [0.29, 0.717) is 31.6 Å². The molecule has 8 heteroatoms. The van der Waals surface area contributed by atoms with Crippen molar-refractivity contribution in [2.24, 2.45) is 0 Å². The van der Waals surface area contributed by atoms with Gasteiger partial charge >= 0.3 is 6.18 Å². The van der Waals surface area contributed by atoms with Gasteiger partial charge in [0.2, 0.25) is 0 Å². The minimum absolute atomic E-state index is 0.0556. The number of benzene rings is 2. The number of hydrogen-bond donors (Lipinski definition) is 1. The summed E-state index contributed by atoms with van der Waals surface area (Å²) in [6, 6.07) is 11.3. The molecule has 2 aromatic rings. The van der Waals surface area contributed by atoms with Crippen LogP contribution in [0.2, 0.25) is 0 Å². The minimum Gasteiger partial charge on any atom is -0.497 e. The molecule has 1 heterocycles. The van der Waals surface area contributed by atoms with Gasteiger partial charge in [0.25, 0.3) is 0 Å². The number of methoxy groups -OCH3 is 2. The summed E-state index contributed by atoms with van der Waals surface area (Å²) in [5.74, 6) is 1.44. The molecule has 0 aromatic heterocycles. The normalized spacial score (nSPS) is 18.2. The van der Waals surface area contributed by atoms with Crippen LogP contribution in [-0.2, 0) is 19.3 Å². The van der Waals surface area contributed by atoms with Crippen LogP contribution in [0.15, 0.2) is 42.5 Å². The van der Waals surface area contributed by atoms with E-state index in [2.05, 4.69) is 9.80 Å². The number of nitrogens with zero attached hydrogens (tertiary/aromatic N) is 2. The molecule has 0 aliphatic carbocycles. The van der Waals surface area contributed by atoms with Gasteiger partial charge in [-0.2, -0.15) is 13.2 Å². The zero-order chi connectivity index (χ0) is 22.4. The van der Waals surface area contributed by atoms with Crippen molar-refractivity contribution in [1.29, 1.82) is 0 Å². The van der Waals surface area contributed by atoms with Gasteiger partial charge in [-0.25, -0.2) is 0 Å². The maximum Gasteiger partial charge on any atom is 0.416 e. The highest BCUT2D eigenvalue weighted by Gasteiger charge is 2.31. The molecule has 0 radical (unpaired) electrons. The average molecular weight is 438 g/mol. The van der Waals surface area contributed by atoms with E-state index in [1.807, 2.05) is 18.2 Å². The number of aliphatic hydroxyl groups excluding tert-OH is 1. The Balaban J connectivity index is 1.68. The number of halogens is 3. The summed E-state index contributed by atoms with van der Waals surface area (Å²) in [4.78, 5) is 4.45. The molecule has 0 spiro atoms. The van der Waals surface area contributed by atoms with Crippen LogP contribution < -0.4 is 9.47 Å². The quantitative estimate of drug-likeness (QED) is 0.680. The predicted octanol–water partition coefficient (Wildman–Crippen LogP) is 3.79. The molecule has 3 rings (SSSR count). The van der Waals surface area contributed by atoms with Gasteiger partial charge in [0, 0.05) is 51.4 Å². The fraction of sp³-hybridized carbons (Fsp3) is 0.478. The molecule has 0 bridgehead atoms. The summed E-state index contributed by atoms with van der Waals surface area (Å²) in [6.07, 6.45) is -3.74.